The zero-order valence-corrected chi connectivity index (χ0v) is 21.4. The highest BCUT2D eigenvalue weighted by molar-refractivity contribution is 9.10. The summed E-state index contributed by atoms with van der Waals surface area (Å²) in [6.45, 7) is 0.447. The Balaban J connectivity index is 1.23. The number of nitrogens with one attached hydrogen (secondary N) is 1. The van der Waals surface area contributed by atoms with E-state index in [9.17, 15) is 14.7 Å². The number of halogens is 1. The molecule has 9 heteroatoms. The van der Waals surface area contributed by atoms with Crippen molar-refractivity contribution in [3.05, 3.63) is 106 Å². The van der Waals surface area contributed by atoms with Gasteiger partial charge in [0.15, 0.2) is 0 Å². The Bertz CT molecular complexity index is 1310. The fourth-order valence-electron chi connectivity index (χ4n) is 3.48. The maximum Gasteiger partial charge on any atom is 0.408 e. The second-order valence-corrected chi connectivity index (χ2v) is 9.11. The van der Waals surface area contributed by atoms with E-state index in [1.54, 1.807) is 30.5 Å². The Hall–Kier alpha value is -4.11. The second-order valence-electron chi connectivity index (χ2n) is 8.19. The molecule has 0 saturated carbocycles. The van der Waals surface area contributed by atoms with E-state index in [4.69, 9.17) is 13.9 Å². The van der Waals surface area contributed by atoms with Crippen LogP contribution in [0.2, 0.25) is 0 Å². The highest BCUT2D eigenvalue weighted by Crippen LogP contribution is 2.19. The second kappa shape index (κ2) is 12.7. The molecule has 0 spiro atoms. The van der Waals surface area contributed by atoms with Crippen molar-refractivity contribution in [2.45, 2.75) is 25.5 Å². The predicted molar refractivity (Wildman–Crippen MR) is 140 cm³/mol. The maximum atomic E-state index is 12.1. The first kappa shape index (κ1) is 26.0. The number of ether oxygens (including phenoxy) is 2. The quantitative estimate of drug-likeness (QED) is 0.242. The summed E-state index contributed by atoms with van der Waals surface area (Å²) in [5, 5.41) is 11.9. The molecule has 2 N–H and O–H groups in total. The van der Waals surface area contributed by atoms with Gasteiger partial charge in [0.25, 0.3) is 0 Å². The number of aliphatic carboxylic acids is 1. The van der Waals surface area contributed by atoms with Crippen molar-refractivity contribution in [1.29, 1.82) is 0 Å². The van der Waals surface area contributed by atoms with E-state index in [1.165, 1.54) is 0 Å². The Morgan fingerprint density at radius 2 is 1.68 bits per heavy atom. The molecule has 0 unspecified atom stereocenters. The van der Waals surface area contributed by atoms with Crippen molar-refractivity contribution in [3.8, 4) is 17.2 Å². The monoisotopic (exact) mass is 564 g/mol. The normalized spacial score (nSPS) is 11.5. The van der Waals surface area contributed by atoms with Crippen LogP contribution in [0, 0.1) is 0 Å². The van der Waals surface area contributed by atoms with E-state index in [0.717, 1.165) is 26.9 Å². The van der Waals surface area contributed by atoms with Crippen LogP contribution in [-0.2, 0) is 29.0 Å². The van der Waals surface area contributed by atoms with Crippen LogP contribution < -0.4 is 10.1 Å². The topological polar surface area (TPSA) is 111 Å². The molecule has 4 aromatic rings. The third-order valence-corrected chi connectivity index (χ3v) is 5.96. The summed E-state index contributed by atoms with van der Waals surface area (Å²) in [6.07, 6.45) is 1.51. The lowest BCUT2D eigenvalue weighted by Gasteiger charge is -2.15. The molecular weight excluding hydrogens is 540 g/mol. The number of alkyl carbamates (subject to hydrolysis) is 1. The number of oxazole rings is 1. The number of nitrogens with zero attached hydrogens (tertiary/aromatic N) is 1. The predicted octanol–water partition coefficient (Wildman–Crippen LogP) is 5.65. The van der Waals surface area contributed by atoms with Gasteiger partial charge in [-0.15, -0.1) is 0 Å². The standard InChI is InChI=1S/C28H25BrN2O6/c29-22-10-6-20(7-11-22)17-37-28(34)31-25(27(32)33)16-19-8-12-24(13-9-19)35-15-14-23-18-36-26(30-23)21-4-2-1-3-5-21/h1-13,18,25H,14-17H2,(H,31,34)(H,32,33)/t25-/m0/s1. The molecule has 0 saturated heterocycles. The van der Waals surface area contributed by atoms with Gasteiger partial charge in [-0.05, 0) is 47.5 Å². The molecule has 0 aliphatic heterocycles. The fraction of sp³-hybridized carbons (Fsp3) is 0.179. The molecule has 0 aliphatic carbocycles. The number of benzene rings is 3. The minimum absolute atomic E-state index is 0.0411. The Kier molecular flexibility index (Phi) is 8.93. The number of carboxylic acids is 1. The van der Waals surface area contributed by atoms with Crippen molar-refractivity contribution >= 4 is 28.0 Å². The van der Waals surface area contributed by atoms with Crippen molar-refractivity contribution in [3.63, 3.8) is 0 Å². The Labute approximate surface area is 222 Å². The highest BCUT2D eigenvalue weighted by Gasteiger charge is 2.21. The molecular formula is C28H25BrN2O6. The number of amides is 1. The molecule has 8 nitrogen and oxygen atoms in total. The number of hydrogen-bond donors (Lipinski definition) is 2. The third kappa shape index (κ3) is 7.94. The van der Waals surface area contributed by atoms with Crippen LogP contribution in [0.5, 0.6) is 5.75 Å². The Morgan fingerprint density at radius 3 is 2.38 bits per heavy atom. The van der Waals surface area contributed by atoms with Crippen LogP contribution >= 0.6 is 15.9 Å². The maximum absolute atomic E-state index is 12.1. The number of hydrogen-bond acceptors (Lipinski definition) is 6. The number of rotatable bonds is 11. The van der Waals surface area contributed by atoms with E-state index in [2.05, 4.69) is 26.2 Å². The van der Waals surface area contributed by atoms with Gasteiger partial charge in [-0.2, -0.15) is 0 Å². The third-order valence-electron chi connectivity index (χ3n) is 5.44. The number of carboxylic acid groups (broad SMARTS) is 1. The summed E-state index contributed by atoms with van der Waals surface area (Å²) in [7, 11) is 0. The van der Waals surface area contributed by atoms with Crippen LogP contribution in [0.25, 0.3) is 11.5 Å². The van der Waals surface area contributed by atoms with Gasteiger partial charge >= 0.3 is 12.1 Å². The van der Waals surface area contributed by atoms with E-state index in [-0.39, 0.29) is 13.0 Å². The highest BCUT2D eigenvalue weighted by atomic mass is 79.9. The number of aromatic nitrogens is 1. The van der Waals surface area contributed by atoms with Gasteiger partial charge in [-0.1, -0.05) is 58.4 Å². The van der Waals surface area contributed by atoms with Gasteiger partial charge in [-0.3, -0.25) is 0 Å². The van der Waals surface area contributed by atoms with Gasteiger partial charge < -0.3 is 24.3 Å². The molecule has 0 fully saturated rings. The zero-order valence-electron chi connectivity index (χ0n) is 19.8. The van der Waals surface area contributed by atoms with Crippen LogP contribution in [0.3, 0.4) is 0 Å². The van der Waals surface area contributed by atoms with E-state index >= 15 is 0 Å². The van der Waals surface area contributed by atoms with Crippen molar-refractivity contribution in [2.24, 2.45) is 0 Å². The van der Waals surface area contributed by atoms with E-state index < -0.39 is 18.1 Å². The molecule has 1 amide bonds. The van der Waals surface area contributed by atoms with Crippen LogP contribution in [-0.4, -0.2) is 34.8 Å². The molecule has 0 radical (unpaired) electrons. The molecule has 1 atom stereocenters. The zero-order chi connectivity index (χ0) is 26.0. The smallest absolute Gasteiger partial charge is 0.408 e. The van der Waals surface area contributed by atoms with E-state index in [1.807, 2.05) is 54.6 Å². The lowest BCUT2D eigenvalue weighted by atomic mass is 10.1. The molecule has 1 heterocycles. The fourth-order valence-corrected chi connectivity index (χ4v) is 3.74. The molecule has 190 valence electrons. The largest absolute Gasteiger partial charge is 0.493 e. The van der Waals surface area contributed by atoms with Crippen molar-refractivity contribution in [1.82, 2.24) is 10.3 Å². The summed E-state index contributed by atoms with van der Waals surface area (Å²) in [5.41, 5.74) is 3.23. The van der Waals surface area contributed by atoms with Gasteiger partial charge in [0, 0.05) is 22.9 Å². The summed E-state index contributed by atoms with van der Waals surface area (Å²) in [4.78, 5) is 28.3. The first-order chi connectivity index (χ1) is 18.0. The SMILES string of the molecule is O=C(N[C@@H](Cc1ccc(OCCc2coc(-c3ccccc3)n2)cc1)C(=O)O)OCc1ccc(Br)cc1. The first-order valence-corrected chi connectivity index (χ1v) is 12.4. The Morgan fingerprint density at radius 1 is 0.973 bits per heavy atom. The minimum Gasteiger partial charge on any atom is -0.493 e. The first-order valence-electron chi connectivity index (χ1n) is 11.6. The van der Waals surface area contributed by atoms with Crippen molar-refractivity contribution in [2.75, 3.05) is 6.61 Å². The molecule has 1 aromatic heterocycles. The number of carbonyl (C=O) groups is 2. The summed E-state index contributed by atoms with van der Waals surface area (Å²) >= 11 is 3.34. The molecule has 37 heavy (non-hydrogen) atoms. The van der Waals surface area contributed by atoms with Crippen LogP contribution in [0.1, 0.15) is 16.8 Å². The molecule has 4 rings (SSSR count). The lowest BCUT2D eigenvalue weighted by molar-refractivity contribution is -0.139. The summed E-state index contributed by atoms with van der Waals surface area (Å²) in [5.74, 6) is 0.0615. The molecule has 0 aliphatic rings. The van der Waals surface area contributed by atoms with E-state index in [0.29, 0.717) is 24.7 Å². The molecule has 3 aromatic carbocycles. The van der Waals surface area contributed by atoms with Gasteiger partial charge in [0.2, 0.25) is 5.89 Å². The molecule has 0 bridgehead atoms. The van der Waals surface area contributed by atoms with Crippen LogP contribution in [0.4, 0.5) is 4.79 Å². The summed E-state index contributed by atoms with van der Waals surface area (Å²) < 4.78 is 17.4. The van der Waals surface area contributed by atoms with Gasteiger partial charge in [0.05, 0.1) is 12.3 Å². The van der Waals surface area contributed by atoms with Gasteiger partial charge in [-0.25, -0.2) is 14.6 Å². The summed E-state index contributed by atoms with van der Waals surface area (Å²) in [6, 6.07) is 22.9. The van der Waals surface area contributed by atoms with Gasteiger partial charge in [0.1, 0.15) is 24.7 Å². The van der Waals surface area contributed by atoms with Crippen molar-refractivity contribution < 1.29 is 28.6 Å². The average Bonchev–Trinajstić information content (AvgIpc) is 3.38. The number of carbonyl (C=O) groups excluding carboxylic acids is 1. The average molecular weight is 565 g/mol. The van der Waals surface area contributed by atoms with Crippen LogP contribution in [0.15, 0.2) is 94.0 Å². The minimum atomic E-state index is -1.15. The lowest BCUT2D eigenvalue weighted by Crippen LogP contribution is -2.42.